The first-order chi connectivity index (χ1) is 15.1. The standard InChI is InChI=1S/C22H25F3N2O4S/c1-2-26(16-17-8-4-3-5-9-17)21(28)18-12-14-27(15-13-18)32(29,30)20-11-7-6-10-19(20)31-22(23,24)25/h3-11,18H,2,12-16H2,1H3. The number of carbonyl (C=O) groups is 1. The van der Waals surface area contributed by atoms with Crippen LogP contribution in [0.4, 0.5) is 13.2 Å². The van der Waals surface area contributed by atoms with E-state index in [0.29, 0.717) is 25.9 Å². The van der Waals surface area contributed by atoms with Crippen LogP contribution >= 0.6 is 0 Å². The van der Waals surface area contributed by atoms with E-state index in [1.165, 1.54) is 12.1 Å². The lowest BCUT2D eigenvalue weighted by atomic mass is 9.96. The van der Waals surface area contributed by atoms with E-state index in [1.54, 1.807) is 4.90 Å². The van der Waals surface area contributed by atoms with Crippen LogP contribution in [0.25, 0.3) is 0 Å². The molecule has 1 fully saturated rings. The van der Waals surface area contributed by atoms with Crippen LogP contribution in [0.15, 0.2) is 59.5 Å². The van der Waals surface area contributed by atoms with Gasteiger partial charge >= 0.3 is 6.36 Å². The fraction of sp³-hybridized carbons (Fsp3) is 0.409. The van der Waals surface area contributed by atoms with Crippen LogP contribution in [0.3, 0.4) is 0 Å². The minimum atomic E-state index is -5.01. The molecule has 0 bridgehead atoms. The maximum atomic E-state index is 13.0. The maximum Gasteiger partial charge on any atom is 0.573 e. The normalized spacial score (nSPS) is 16.0. The zero-order valence-electron chi connectivity index (χ0n) is 17.6. The molecule has 0 radical (unpaired) electrons. The van der Waals surface area contributed by atoms with Gasteiger partial charge in [0, 0.05) is 32.1 Å². The molecule has 1 aliphatic rings. The molecule has 3 rings (SSSR count). The van der Waals surface area contributed by atoms with Gasteiger partial charge in [-0.1, -0.05) is 42.5 Å². The second-order valence-corrected chi connectivity index (χ2v) is 9.42. The predicted octanol–water partition coefficient (Wildman–Crippen LogP) is 4.03. The van der Waals surface area contributed by atoms with E-state index in [0.717, 1.165) is 22.0 Å². The van der Waals surface area contributed by atoms with E-state index in [1.807, 2.05) is 37.3 Å². The molecule has 10 heteroatoms. The Bertz CT molecular complexity index is 1020. The quantitative estimate of drug-likeness (QED) is 0.613. The summed E-state index contributed by atoms with van der Waals surface area (Å²) in [6, 6.07) is 14.2. The van der Waals surface area contributed by atoms with Crippen molar-refractivity contribution in [1.29, 1.82) is 0 Å². The average Bonchev–Trinajstić information content (AvgIpc) is 2.77. The van der Waals surface area contributed by atoms with Crippen LogP contribution in [0.5, 0.6) is 5.75 Å². The SMILES string of the molecule is CCN(Cc1ccccc1)C(=O)C1CCN(S(=O)(=O)c2ccccc2OC(F)(F)F)CC1. The lowest BCUT2D eigenvalue weighted by Crippen LogP contribution is -2.44. The number of amides is 1. The summed E-state index contributed by atoms with van der Waals surface area (Å²) in [5, 5.41) is 0. The molecule has 0 atom stereocenters. The highest BCUT2D eigenvalue weighted by molar-refractivity contribution is 7.89. The van der Waals surface area contributed by atoms with Gasteiger partial charge in [0.2, 0.25) is 15.9 Å². The Balaban J connectivity index is 1.68. The summed E-state index contributed by atoms with van der Waals surface area (Å²) in [6.07, 6.45) is -4.41. The summed E-state index contributed by atoms with van der Waals surface area (Å²) in [7, 11) is -4.21. The van der Waals surface area contributed by atoms with E-state index >= 15 is 0 Å². The number of ether oxygens (including phenoxy) is 1. The van der Waals surface area contributed by atoms with Gasteiger partial charge in [-0.2, -0.15) is 4.31 Å². The number of para-hydroxylation sites is 1. The number of benzene rings is 2. The van der Waals surface area contributed by atoms with Crippen LogP contribution < -0.4 is 4.74 Å². The molecule has 32 heavy (non-hydrogen) atoms. The molecule has 0 aliphatic carbocycles. The Morgan fingerprint density at radius 3 is 2.25 bits per heavy atom. The van der Waals surface area contributed by atoms with E-state index < -0.39 is 27.0 Å². The average molecular weight is 471 g/mol. The van der Waals surface area contributed by atoms with E-state index in [-0.39, 0.29) is 24.9 Å². The zero-order valence-corrected chi connectivity index (χ0v) is 18.4. The van der Waals surface area contributed by atoms with Crippen molar-refractivity contribution in [3.8, 4) is 5.75 Å². The molecule has 174 valence electrons. The summed E-state index contributed by atoms with van der Waals surface area (Å²) in [5.41, 5.74) is 1.00. The monoisotopic (exact) mass is 470 g/mol. The molecule has 1 aliphatic heterocycles. The molecule has 0 aromatic heterocycles. The van der Waals surface area contributed by atoms with E-state index in [4.69, 9.17) is 0 Å². The number of halogens is 3. The highest BCUT2D eigenvalue weighted by Crippen LogP contribution is 2.33. The molecule has 2 aromatic carbocycles. The Kier molecular flexibility index (Phi) is 7.45. The third kappa shape index (κ3) is 5.80. The minimum Gasteiger partial charge on any atom is -0.404 e. The highest BCUT2D eigenvalue weighted by atomic mass is 32.2. The topological polar surface area (TPSA) is 66.9 Å². The van der Waals surface area contributed by atoms with E-state index in [2.05, 4.69) is 4.74 Å². The number of alkyl halides is 3. The molecule has 0 unspecified atom stereocenters. The second-order valence-electron chi connectivity index (χ2n) is 7.51. The number of nitrogens with zero attached hydrogens (tertiary/aromatic N) is 2. The summed E-state index contributed by atoms with van der Waals surface area (Å²) < 4.78 is 69.0. The predicted molar refractivity (Wildman–Crippen MR) is 112 cm³/mol. The molecule has 1 heterocycles. The molecule has 0 saturated carbocycles. The van der Waals surface area contributed by atoms with Gasteiger partial charge in [-0.15, -0.1) is 13.2 Å². The van der Waals surface area contributed by atoms with Crippen molar-refractivity contribution in [3.63, 3.8) is 0 Å². The van der Waals surface area contributed by atoms with E-state index in [9.17, 15) is 26.4 Å². The van der Waals surface area contributed by atoms with Gasteiger partial charge < -0.3 is 9.64 Å². The number of hydrogen-bond acceptors (Lipinski definition) is 4. The smallest absolute Gasteiger partial charge is 0.404 e. The first kappa shape index (κ1) is 24.1. The molecule has 0 spiro atoms. The first-order valence-corrected chi connectivity index (χ1v) is 11.7. The second kappa shape index (κ2) is 9.91. The number of rotatable bonds is 7. The van der Waals surface area contributed by atoms with Gasteiger partial charge in [-0.25, -0.2) is 8.42 Å². The molecular formula is C22H25F3N2O4S. The fourth-order valence-corrected chi connectivity index (χ4v) is 5.35. The van der Waals surface area contributed by atoms with Crippen LogP contribution in [0.2, 0.25) is 0 Å². The van der Waals surface area contributed by atoms with Crippen molar-refractivity contribution in [1.82, 2.24) is 9.21 Å². The zero-order chi connectivity index (χ0) is 23.4. The number of piperidine rings is 1. The molecule has 1 amide bonds. The van der Waals surface area contributed by atoms with Crippen molar-refractivity contribution < 1.29 is 31.1 Å². The molecule has 1 saturated heterocycles. The maximum absolute atomic E-state index is 13.0. The summed E-state index contributed by atoms with van der Waals surface area (Å²) in [6.45, 7) is 2.97. The summed E-state index contributed by atoms with van der Waals surface area (Å²) in [4.78, 5) is 14.2. The number of sulfonamides is 1. The first-order valence-electron chi connectivity index (χ1n) is 10.3. The minimum absolute atomic E-state index is 0.0436. The third-order valence-corrected chi connectivity index (χ3v) is 7.34. The van der Waals surface area contributed by atoms with Crippen molar-refractivity contribution >= 4 is 15.9 Å². The van der Waals surface area contributed by atoms with Crippen molar-refractivity contribution in [2.75, 3.05) is 19.6 Å². The number of hydrogen-bond donors (Lipinski definition) is 0. The summed E-state index contributed by atoms with van der Waals surface area (Å²) >= 11 is 0. The Labute approximate surface area is 185 Å². The van der Waals surface area contributed by atoms with Crippen molar-refractivity contribution in [3.05, 3.63) is 60.2 Å². The summed E-state index contributed by atoms with van der Waals surface area (Å²) in [5.74, 6) is -1.15. The number of carbonyl (C=O) groups excluding carboxylic acids is 1. The van der Waals surface area contributed by atoms with Gasteiger partial charge in [0.25, 0.3) is 0 Å². The lowest BCUT2D eigenvalue weighted by Gasteiger charge is -2.33. The molecule has 6 nitrogen and oxygen atoms in total. The van der Waals surface area contributed by atoms with Gasteiger partial charge in [0.05, 0.1) is 0 Å². The van der Waals surface area contributed by atoms with Crippen molar-refractivity contribution in [2.45, 2.75) is 37.6 Å². The van der Waals surface area contributed by atoms with Gasteiger partial charge in [-0.05, 0) is 37.5 Å². The Morgan fingerprint density at radius 2 is 1.66 bits per heavy atom. The van der Waals surface area contributed by atoms with Crippen LogP contribution in [0.1, 0.15) is 25.3 Å². The molecular weight excluding hydrogens is 445 g/mol. The third-order valence-electron chi connectivity index (χ3n) is 5.41. The van der Waals surface area contributed by atoms with Crippen molar-refractivity contribution in [2.24, 2.45) is 5.92 Å². The van der Waals surface area contributed by atoms with Crippen LogP contribution in [-0.2, 0) is 21.4 Å². The Hall–Kier alpha value is -2.59. The van der Waals surface area contributed by atoms with Gasteiger partial charge in [0.1, 0.15) is 10.6 Å². The fourth-order valence-electron chi connectivity index (χ4n) is 3.76. The lowest BCUT2D eigenvalue weighted by molar-refractivity contribution is -0.275. The van der Waals surface area contributed by atoms with Crippen LogP contribution in [-0.4, -0.2) is 49.5 Å². The largest absolute Gasteiger partial charge is 0.573 e. The molecule has 2 aromatic rings. The molecule has 0 N–H and O–H groups in total. The van der Waals surface area contributed by atoms with Crippen LogP contribution in [0, 0.1) is 5.92 Å². The highest BCUT2D eigenvalue weighted by Gasteiger charge is 2.38. The van der Waals surface area contributed by atoms with Gasteiger partial charge in [-0.3, -0.25) is 4.79 Å². The van der Waals surface area contributed by atoms with Gasteiger partial charge in [0.15, 0.2) is 0 Å². The Morgan fingerprint density at radius 1 is 1.06 bits per heavy atom.